The van der Waals surface area contributed by atoms with Crippen LogP contribution < -0.4 is 0 Å². The van der Waals surface area contributed by atoms with Gasteiger partial charge in [0, 0.05) is 27.3 Å². The maximum atomic E-state index is 10.9. The van der Waals surface area contributed by atoms with E-state index in [2.05, 4.69) is 42.8 Å². The maximum absolute atomic E-state index is 10.9. The first kappa shape index (κ1) is 14.7. The number of carbonyl (C=O) groups is 1. The van der Waals surface area contributed by atoms with Gasteiger partial charge in [0.1, 0.15) is 0 Å². The number of hydrogen-bond acceptors (Lipinski definition) is 3. The zero-order valence-electron chi connectivity index (χ0n) is 10.3. The fraction of sp³-hybridized carbons (Fsp3) is 0.583. The highest BCUT2D eigenvalue weighted by molar-refractivity contribution is 9.10. The molecule has 0 spiro atoms. The first-order valence-electron chi connectivity index (χ1n) is 5.60. The van der Waals surface area contributed by atoms with Gasteiger partial charge < -0.3 is 5.11 Å². The molecule has 17 heavy (non-hydrogen) atoms. The molecule has 0 aliphatic heterocycles. The van der Waals surface area contributed by atoms with Crippen molar-refractivity contribution in [3.63, 3.8) is 0 Å². The molecule has 0 aliphatic rings. The largest absolute Gasteiger partial charge is 0.480 e. The Kier molecular flexibility index (Phi) is 5.62. The molecule has 96 valence electrons. The molecule has 0 fully saturated rings. The van der Waals surface area contributed by atoms with Gasteiger partial charge in [0.05, 0.1) is 6.54 Å². The Labute approximate surface area is 115 Å². The van der Waals surface area contributed by atoms with Gasteiger partial charge in [-0.2, -0.15) is 0 Å². The topological polar surface area (TPSA) is 40.5 Å². The molecule has 0 bridgehead atoms. The summed E-state index contributed by atoms with van der Waals surface area (Å²) in [5, 5.41) is 11.0. The number of halogens is 1. The molecule has 0 aliphatic carbocycles. The summed E-state index contributed by atoms with van der Waals surface area (Å²) >= 11 is 5.09. The first-order chi connectivity index (χ1) is 7.90. The van der Waals surface area contributed by atoms with Crippen LogP contribution in [0.1, 0.15) is 31.7 Å². The van der Waals surface area contributed by atoms with Crippen molar-refractivity contribution in [2.45, 2.75) is 26.8 Å². The zero-order valence-corrected chi connectivity index (χ0v) is 12.7. The lowest BCUT2D eigenvalue weighted by atomic mass is 10.1. The second-order valence-corrected chi connectivity index (χ2v) is 6.42. The van der Waals surface area contributed by atoms with E-state index in [4.69, 9.17) is 5.11 Å². The quantitative estimate of drug-likeness (QED) is 0.870. The Morgan fingerprint density at radius 2 is 2.18 bits per heavy atom. The number of nitrogens with zero attached hydrogens (tertiary/aromatic N) is 1. The molecule has 0 saturated heterocycles. The third kappa shape index (κ3) is 4.77. The summed E-state index contributed by atoms with van der Waals surface area (Å²) in [5.74, 6) is -0.312. The number of thiophene rings is 1. The van der Waals surface area contributed by atoms with Gasteiger partial charge in [-0.1, -0.05) is 13.8 Å². The molecule has 5 heteroatoms. The van der Waals surface area contributed by atoms with Crippen LogP contribution >= 0.6 is 27.3 Å². The van der Waals surface area contributed by atoms with Crippen LogP contribution in [-0.4, -0.2) is 29.1 Å². The van der Waals surface area contributed by atoms with Crippen LogP contribution in [0.5, 0.6) is 0 Å². The van der Waals surface area contributed by atoms with Crippen LogP contribution in [0.15, 0.2) is 15.9 Å². The van der Waals surface area contributed by atoms with E-state index in [1.165, 1.54) is 4.88 Å². The molecule has 3 nitrogen and oxygen atoms in total. The van der Waals surface area contributed by atoms with Gasteiger partial charge in [-0.25, -0.2) is 0 Å². The molecular weight excluding hydrogens is 302 g/mol. The number of rotatable bonds is 6. The minimum Gasteiger partial charge on any atom is -0.480 e. The highest BCUT2D eigenvalue weighted by Crippen LogP contribution is 2.29. The second kappa shape index (κ2) is 6.52. The van der Waals surface area contributed by atoms with Gasteiger partial charge >= 0.3 is 5.97 Å². The number of carboxylic acid groups (broad SMARTS) is 1. The Balaban J connectivity index is 2.77. The Hall–Kier alpha value is -0.390. The van der Waals surface area contributed by atoms with E-state index < -0.39 is 5.97 Å². The smallest absolute Gasteiger partial charge is 0.317 e. The van der Waals surface area contributed by atoms with E-state index in [-0.39, 0.29) is 12.6 Å². The molecule has 1 atom stereocenters. The van der Waals surface area contributed by atoms with Crippen LogP contribution in [0, 0.1) is 5.92 Å². The van der Waals surface area contributed by atoms with E-state index >= 15 is 0 Å². The Morgan fingerprint density at radius 1 is 1.53 bits per heavy atom. The van der Waals surface area contributed by atoms with Crippen LogP contribution in [-0.2, 0) is 4.79 Å². The lowest BCUT2D eigenvalue weighted by Gasteiger charge is -2.28. The summed E-state index contributed by atoms with van der Waals surface area (Å²) in [4.78, 5) is 14.1. The van der Waals surface area contributed by atoms with E-state index in [9.17, 15) is 4.79 Å². The standard InChI is InChI=1S/C12H18BrNO2S/c1-8(2)5-14(6-12(15)16)9(3)11-4-10(13)7-17-11/h4,7-9H,5-6H2,1-3H3,(H,15,16). The SMILES string of the molecule is CC(C)CN(CC(=O)O)C(C)c1cc(Br)cs1. The van der Waals surface area contributed by atoms with Crippen molar-refractivity contribution >= 4 is 33.2 Å². The average Bonchev–Trinajstić information content (AvgIpc) is 2.61. The summed E-state index contributed by atoms with van der Waals surface area (Å²) in [7, 11) is 0. The van der Waals surface area contributed by atoms with Gasteiger partial charge in [0.15, 0.2) is 0 Å². The van der Waals surface area contributed by atoms with Crippen LogP contribution in [0.3, 0.4) is 0 Å². The summed E-state index contributed by atoms with van der Waals surface area (Å²) in [5.41, 5.74) is 0. The Bertz CT molecular complexity index is 378. The monoisotopic (exact) mass is 319 g/mol. The minimum atomic E-state index is -0.770. The predicted molar refractivity (Wildman–Crippen MR) is 74.5 cm³/mol. The number of carboxylic acids is 1. The average molecular weight is 320 g/mol. The Morgan fingerprint density at radius 3 is 2.59 bits per heavy atom. The predicted octanol–water partition coefficient (Wildman–Crippen LogP) is 3.61. The van der Waals surface area contributed by atoms with Gasteiger partial charge in [-0.05, 0) is 34.8 Å². The van der Waals surface area contributed by atoms with Crippen LogP contribution in [0.25, 0.3) is 0 Å². The van der Waals surface area contributed by atoms with E-state index in [0.717, 1.165) is 11.0 Å². The van der Waals surface area contributed by atoms with Gasteiger partial charge in [0.25, 0.3) is 0 Å². The highest BCUT2D eigenvalue weighted by atomic mass is 79.9. The maximum Gasteiger partial charge on any atom is 0.317 e. The summed E-state index contributed by atoms with van der Waals surface area (Å²) in [6, 6.07) is 2.20. The molecule has 0 radical (unpaired) electrons. The van der Waals surface area contributed by atoms with E-state index in [0.29, 0.717) is 5.92 Å². The molecule has 1 aromatic heterocycles. The molecule has 1 N–H and O–H groups in total. The summed E-state index contributed by atoms with van der Waals surface area (Å²) < 4.78 is 1.06. The first-order valence-corrected chi connectivity index (χ1v) is 7.27. The second-order valence-electron chi connectivity index (χ2n) is 4.56. The summed E-state index contributed by atoms with van der Waals surface area (Å²) in [6.07, 6.45) is 0. The minimum absolute atomic E-state index is 0.0921. The van der Waals surface area contributed by atoms with Crippen molar-refractivity contribution in [2.24, 2.45) is 5.92 Å². The summed E-state index contributed by atoms with van der Waals surface area (Å²) in [6.45, 7) is 7.15. The van der Waals surface area contributed by atoms with Gasteiger partial charge in [-0.15, -0.1) is 11.3 Å². The van der Waals surface area contributed by atoms with Crippen molar-refractivity contribution in [1.29, 1.82) is 0 Å². The zero-order chi connectivity index (χ0) is 13.0. The highest BCUT2D eigenvalue weighted by Gasteiger charge is 2.20. The molecule has 1 heterocycles. The van der Waals surface area contributed by atoms with Crippen molar-refractivity contribution in [3.05, 3.63) is 20.8 Å². The third-order valence-corrected chi connectivity index (χ3v) is 4.35. The third-order valence-electron chi connectivity index (χ3n) is 2.49. The number of hydrogen-bond donors (Lipinski definition) is 1. The van der Waals surface area contributed by atoms with Crippen LogP contribution in [0.2, 0.25) is 0 Å². The van der Waals surface area contributed by atoms with E-state index in [1.807, 2.05) is 10.3 Å². The molecule has 1 rings (SSSR count). The normalized spacial score (nSPS) is 13.3. The van der Waals surface area contributed by atoms with Crippen molar-refractivity contribution in [2.75, 3.05) is 13.1 Å². The van der Waals surface area contributed by atoms with Crippen molar-refractivity contribution in [1.82, 2.24) is 4.90 Å². The fourth-order valence-electron chi connectivity index (χ4n) is 1.73. The molecule has 0 saturated carbocycles. The van der Waals surface area contributed by atoms with Gasteiger partial charge in [-0.3, -0.25) is 9.69 Å². The fourth-order valence-corrected chi connectivity index (χ4v) is 3.27. The lowest BCUT2D eigenvalue weighted by molar-refractivity contribution is -0.139. The molecular formula is C12H18BrNO2S. The number of aliphatic carboxylic acids is 1. The van der Waals surface area contributed by atoms with Gasteiger partial charge in [0.2, 0.25) is 0 Å². The van der Waals surface area contributed by atoms with Crippen molar-refractivity contribution in [3.8, 4) is 0 Å². The molecule has 0 aromatic carbocycles. The van der Waals surface area contributed by atoms with Crippen molar-refractivity contribution < 1.29 is 9.90 Å². The lowest BCUT2D eigenvalue weighted by Crippen LogP contribution is -2.34. The molecule has 0 amide bonds. The molecule has 1 unspecified atom stereocenters. The van der Waals surface area contributed by atoms with E-state index in [1.54, 1.807) is 11.3 Å². The van der Waals surface area contributed by atoms with Crippen LogP contribution in [0.4, 0.5) is 0 Å². The molecule has 1 aromatic rings.